The van der Waals surface area contributed by atoms with Gasteiger partial charge in [0.25, 0.3) is 0 Å². The van der Waals surface area contributed by atoms with Crippen LogP contribution >= 0.6 is 0 Å². The Morgan fingerprint density at radius 2 is 1.48 bits per heavy atom. The molecule has 0 fully saturated rings. The molecule has 0 saturated carbocycles. The van der Waals surface area contributed by atoms with E-state index in [2.05, 4.69) is 143 Å². The summed E-state index contributed by atoms with van der Waals surface area (Å²) >= 11 is -1.86. The maximum absolute atomic E-state index is 6.33. The summed E-state index contributed by atoms with van der Waals surface area (Å²) in [4.78, 5) is 14.3. The summed E-state index contributed by atoms with van der Waals surface area (Å²) in [5, 5.41) is 2.07. The number of rotatable bonds is 8. The van der Waals surface area contributed by atoms with Crippen LogP contribution in [-0.2, 0) is 32.9 Å². The quantitative estimate of drug-likeness (QED) is 0.113. The first-order chi connectivity index (χ1) is 24.4. The van der Waals surface area contributed by atoms with Crippen LogP contribution in [0.1, 0.15) is 49.9 Å². The fourth-order valence-electron chi connectivity index (χ4n) is 6.76. The molecule has 4 heterocycles. The molecular formula is C46H49GeIrN3O-2. The zero-order valence-electron chi connectivity index (χ0n) is 31.9. The number of benzene rings is 3. The van der Waals surface area contributed by atoms with Gasteiger partial charge in [0.1, 0.15) is 0 Å². The van der Waals surface area contributed by atoms with E-state index in [1.54, 1.807) is 4.40 Å². The van der Waals surface area contributed by atoms with Crippen LogP contribution in [0, 0.1) is 37.8 Å². The van der Waals surface area contributed by atoms with Crippen molar-refractivity contribution in [3.8, 4) is 33.8 Å². The van der Waals surface area contributed by atoms with Crippen molar-refractivity contribution < 1.29 is 24.5 Å². The van der Waals surface area contributed by atoms with E-state index >= 15 is 0 Å². The summed E-state index contributed by atoms with van der Waals surface area (Å²) in [5.74, 6) is 8.58. The number of nitrogens with zero attached hydrogens (tertiary/aromatic N) is 3. The third-order valence-corrected chi connectivity index (χ3v) is 13.5. The van der Waals surface area contributed by atoms with Gasteiger partial charge in [-0.25, -0.2) is 4.98 Å². The van der Waals surface area contributed by atoms with Gasteiger partial charge in [-0.3, -0.25) is 0 Å². The molecule has 3 aromatic carbocycles. The molecule has 52 heavy (non-hydrogen) atoms. The molecule has 0 atom stereocenters. The molecule has 0 bridgehead atoms. The van der Waals surface area contributed by atoms with Crippen molar-refractivity contribution in [2.24, 2.45) is 11.8 Å². The van der Waals surface area contributed by atoms with Crippen molar-refractivity contribution >= 4 is 39.7 Å². The van der Waals surface area contributed by atoms with Crippen molar-refractivity contribution in [2.75, 3.05) is 0 Å². The largest absolute Gasteiger partial charge is 0.486 e. The molecule has 0 unspecified atom stereocenters. The first kappa shape index (κ1) is 39.3. The fourth-order valence-corrected chi connectivity index (χ4v) is 10.1. The average molecular weight is 925 g/mol. The second-order valence-corrected chi connectivity index (χ2v) is 26.1. The number of pyridine rings is 3. The topological polar surface area (TPSA) is 51.8 Å². The maximum Gasteiger partial charge on any atom is 0.216 e. The van der Waals surface area contributed by atoms with Crippen LogP contribution in [0.5, 0.6) is 0 Å². The number of fused-ring (bicyclic) bond motifs is 3. The average Bonchev–Trinajstić information content (AvgIpc) is 3.45. The van der Waals surface area contributed by atoms with Crippen LogP contribution in [0.25, 0.3) is 55.8 Å². The molecule has 0 aliphatic heterocycles. The molecular weight excluding hydrogens is 875 g/mol. The summed E-state index contributed by atoms with van der Waals surface area (Å²) in [7, 11) is 0. The molecule has 1 radical (unpaired) electrons. The van der Waals surface area contributed by atoms with Gasteiger partial charge in [-0.1, -0.05) is 60.7 Å². The third-order valence-electron chi connectivity index (χ3n) is 9.15. The van der Waals surface area contributed by atoms with Crippen LogP contribution in [0.3, 0.4) is 0 Å². The minimum atomic E-state index is -1.86. The zero-order valence-corrected chi connectivity index (χ0v) is 36.4. The number of aromatic nitrogens is 3. The predicted octanol–water partition coefficient (Wildman–Crippen LogP) is 11.6. The van der Waals surface area contributed by atoms with Gasteiger partial charge in [0.15, 0.2) is 0 Å². The second kappa shape index (κ2) is 16.8. The summed E-state index contributed by atoms with van der Waals surface area (Å²) in [6.45, 7) is 13.3. The molecule has 7 rings (SSSR count). The van der Waals surface area contributed by atoms with Crippen molar-refractivity contribution in [2.45, 2.75) is 71.7 Å². The van der Waals surface area contributed by atoms with E-state index in [4.69, 9.17) is 14.4 Å². The van der Waals surface area contributed by atoms with E-state index < -0.39 is 13.3 Å². The Bertz CT molecular complexity index is 2290. The third kappa shape index (κ3) is 9.00. The molecule has 0 amide bonds. The van der Waals surface area contributed by atoms with Crippen molar-refractivity contribution in [1.29, 1.82) is 0 Å². The standard InChI is InChI=1S/C28H25N2O.C18H24GeN.Ir/c1-17(2)14-20-12-13-29-25(16-20)23-11-7-10-22-24-15-19(4)26(30-28(24)31-27(22)23)21-9-6-5-8-18(21)3;1-14(2)11-16-12-18(15-9-7-6-8-10-15)20-13-17(16)19(3,4)5;/h5-10,12-13,15-17H,14H2,1-4H3;6-9,12-14H,11H2,1-5H3;/q2*-1;. The molecule has 0 N–H and O–H groups in total. The van der Waals surface area contributed by atoms with E-state index in [-0.39, 0.29) is 20.1 Å². The van der Waals surface area contributed by atoms with Gasteiger partial charge in [0, 0.05) is 37.3 Å². The van der Waals surface area contributed by atoms with Gasteiger partial charge in [-0.15, -0.1) is 18.2 Å². The van der Waals surface area contributed by atoms with Crippen LogP contribution in [0.15, 0.2) is 102 Å². The Morgan fingerprint density at radius 3 is 2.17 bits per heavy atom. The van der Waals surface area contributed by atoms with Gasteiger partial charge < -0.3 is 9.40 Å². The summed E-state index contributed by atoms with van der Waals surface area (Å²) in [6, 6.07) is 35.8. The first-order valence-corrected chi connectivity index (χ1v) is 25.5. The van der Waals surface area contributed by atoms with Gasteiger partial charge >= 0.3 is 126 Å². The Morgan fingerprint density at radius 1 is 0.731 bits per heavy atom. The molecule has 6 heteroatoms. The molecule has 269 valence electrons. The van der Waals surface area contributed by atoms with Gasteiger partial charge in [0.05, 0.1) is 11.3 Å². The monoisotopic (exact) mass is 926 g/mol. The number of aryl methyl sites for hydroxylation is 2. The van der Waals surface area contributed by atoms with Gasteiger partial charge in [0.2, 0.25) is 5.71 Å². The Labute approximate surface area is 326 Å². The summed E-state index contributed by atoms with van der Waals surface area (Å²) < 4.78 is 7.87. The van der Waals surface area contributed by atoms with Crippen molar-refractivity contribution in [3.63, 3.8) is 0 Å². The first-order valence-electron chi connectivity index (χ1n) is 18.1. The number of furan rings is 1. The Balaban J connectivity index is 0.000000217. The van der Waals surface area contributed by atoms with Crippen LogP contribution in [-0.4, -0.2) is 28.2 Å². The normalized spacial score (nSPS) is 11.5. The molecule has 7 aromatic rings. The van der Waals surface area contributed by atoms with Gasteiger partial charge in [-0.05, 0) is 55.1 Å². The van der Waals surface area contributed by atoms with Crippen LogP contribution in [0.2, 0.25) is 17.3 Å². The van der Waals surface area contributed by atoms with E-state index in [0.717, 1.165) is 68.5 Å². The van der Waals surface area contributed by atoms with Crippen LogP contribution in [0.4, 0.5) is 0 Å². The van der Waals surface area contributed by atoms with E-state index in [0.29, 0.717) is 17.5 Å². The number of hydrogen-bond acceptors (Lipinski definition) is 4. The second-order valence-electron chi connectivity index (χ2n) is 15.5. The molecule has 4 aromatic heterocycles. The predicted molar refractivity (Wildman–Crippen MR) is 217 cm³/mol. The molecule has 0 aliphatic carbocycles. The molecule has 0 saturated heterocycles. The SMILES string of the molecule is CC(C)Cc1cc(-c2[c-]cccc2)nc[c]1[Ge]([CH3])([CH3])[CH3].Cc1ccccc1-c1nc2oc3c(-c4cc(CC(C)C)ccn4)[c-]ccc3c2cc1C.[Ir]. The zero-order chi connectivity index (χ0) is 36.3. The summed E-state index contributed by atoms with van der Waals surface area (Å²) in [6.07, 6.45) is 6.17. The molecule has 4 nitrogen and oxygen atoms in total. The Hall–Kier alpha value is -3.90. The van der Waals surface area contributed by atoms with E-state index in [9.17, 15) is 0 Å². The Kier molecular flexibility index (Phi) is 12.7. The van der Waals surface area contributed by atoms with Crippen molar-refractivity contribution in [1.82, 2.24) is 15.0 Å². The molecule has 0 spiro atoms. The maximum atomic E-state index is 6.33. The van der Waals surface area contributed by atoms with Crippen LogP contribution < -0.4 is 4.40 Å². The number of hydrogen-bond donors (Lipinski definition) is 0. The minimum absolute atomic E-state index is 0. The van der Waals surface area contributed by atoms with Crippen molar-refractivity contribution in [3.05, 3.63) is 132 Å². The minimum Gasteiger partial charge on any atom is -0.486 e. The smallest absolute Gasteiger partial charge is 0.216 e. The van der Waals surface area contributed by atoms with Gasteiger partial charge in [-0.2, -0.15) is 0 Å². The van der Waals surface area contributed by atoms with E-state index in [1.165, 1.54) is 16.7 Å². The fraction of sp³-hybridized carbons (Fsp3) is 0.283. The van der Waals surface area contributed by atoms with E-state index in [1.807, 2.05) is 30.5 Å². The molecule has 0 aliphatic rings. The summed E-state index contributed by atoms with van der Waals surface area (Å²) in [5.41, 5.74) is 12.6.